The number of hydrogen-bond donors (Lipinski definition) is 0. The first-order valence-corrected chi connectivity index (χ1v) is 3.92. The van der Waals surface area contributed by atoms with Gasteiger partial charge in [-0.3, -0.25) is 0 Å². The van der Waals surface area contributed by atoms with Crippen molar-refractivity contribution >= 4 is 5.69 Å². The van der Waals surface area contributed by atoms with Gasteiger partial charge in [0.2, 0.25) is 0 Å². The van der Waals surface area contributed by atoms with Crippen LogP contribution in [0.25, 0.3) is 0 Å². The number of halogens is 4. The first-order chi connectivity index (χ1) is 6.40. The molecule has 14 heavy (non-hydrogen) atoms. The molecule has 0 aliphatic carbocycles. The van der Waals surface area contributed by atoms with Crippen molar-refractivity contribution in [2.24, 2.45) is 0 Å². The van der Waals surface area contributed by atoms with Gasteiger partial charge >= 0.3 is 6.18 Å². The zero-order valence-electron chi connectivity index (χ0n) is 7.48. The molecular formula is C9H9F4N. The molecule has 1 nitrogen and oxygen atoms in total. The third-order valence-corrected chi connectivity index (χ3v) is 1.68. The summed E-state index contributed by atoms with van der Waals surface area (Å²) in [6, 6.07) is 5.36. The largest absolute Gasteiger partial charge is 0.405 e. The molecule has 5 heteroatoms. The summed E-state index contributed by atoms with van der Waals surface area (Å²) < 4.78 is 48.9. The molecule has 0 unspecified atom stereocenters. The van der Waals surface area contributed by atoms with Crippen LogP contribution in [0.2, 0.25) is 0 Å². The Morgan fingerprint density at radius 3 is 2.29 bits per heavy atom. The lowest BCUT2D eigenvalue weighted by Crippen LogP contribution is -2.31. The van der Waals surface area contributed by atoms with Crippen molar-refractivity contribution in [2.45, 2.75) is 6.18 Å². The van der Waals surface area contributed by atoms with Gasteiger partial charge in [-0.05, 0) is 12.1 Å². The molecule has 0 saturated carbocycles. The van der Waals surface area contributed by atoms with E-state index >= 15 is 0 Å². The van der Waals surface area contributed by atoms with Gasteiger partial charge in [-0.25, -0.2) is 4.39 Å². The van der Waals surface area contributed by atoms with Gasteiger partial charge in [0.25, 0.3) is 0 Å². The Bertz CT molecular complexity index is 308. The van der Waals surface area contributed by atoms with Gasteiger partial charge < -0.3 is 4.90 Å². The molecule has 0 aliphatic rings. The van der Waals surface area contributed by atoms with Crippen LogP contribution < -0.4 is 4.90 Å². The van der Waals surface area contributed by atoms with Gasteiger partial charge in [0.05, 0.1) is 5.69 Å². The van der Waals surface area contributed by atoms with Gasteiger partial charge in [0, 0.05) is 7.05 Å². The summed E-state index contributed by atoms with van der Waals surface area (Å²) in [4.78, 5) is 0.829. The molecule has 0 aliphatic heterocycles. The Balaban J connectivity index is 2.80. The van der Waals surface area contributed by atoms with Crippen molar-refractivity contribution in [3.05, 3.63) is 30.1 Å². The van der Waals surface area contributed by atoms with Crippen LogP contribution in [0.15, 0.2) is 24.3 Å². The van der Waals surface area contributed by atoms with E-state index in [0.29, 0.717) is 0 Å². The molecule has 0 aromatic heterocycles. The molecule has 0 radical (unpaired) electrons. The van der Waals surface area contributed by atoms with Crippen LogP contribution in [-0.4, -0.2) is 19.8 Å². The molecule has 0 fully saturated rings. The molecular weight excluding hydrogens is 198 g/mol. The predicted molar refractivity (Wildman–Crippen MR) is 45.7 cm³/mol. The Morgan fingerprint density at radius 1 is 1.21 bits per heavy atom. The maximum atomic E-state index is 13.0. The lowest BCUT2D eigenvalue weighted by Gasteiger charge is -2.21. The van der Waals surface area contributed by atoms with E-state index in [-0.39, 0.29) is 5.69 Å². The van der Waals surface area contributed by atoms with Gasteiger partial charge in [0.15, 0.2) is 0 Å². The fourth-order valence-corrected chi connectivity index (χ4v) is 1.12. The van der Waals surface area contributed by atoms with Gasteiger partial charge in [-0.2, -0.15) is 13.2 Å². The van der Waals surface area contributed by atoms with Crippen LogP contribution in [0.3, 0.4) is 0 Å². The molecule has 78 valence electrons. The molecule has 0 atom stereocenters. The average Bonchev–Trinajstić information content (AvgIpc) is 2.01. The molecule has 1 aromatic rings. The normalized spacial score (nSPS) is 11.5. The summed E-state index contributed by atoms with van der Waals surface area (Å²) in [5.74, 6) is -0.653. The second-order valence-electron chi connectivity index (χ2n) is 2.92. The Kier molecular flexibility index (Phi) is 2.98. The van der Waals surface area contributed by atoms with Gasteiger partial charge in [0.1, 0.15) is 12.4 Å². The standard InChI is InChI=1S/C9H9F4N/c1-14(6-9(11,12)13)8-5-3-2-4-7(8)10/h2-5H,6H2,1H3. The molecule has 0 bridgehead atoms. The van der Waals surface area contributed by atoms with Crippen molar-refractivity contribution in [1.82, 2.24) is 0 Å². The third kappa shape index (κ3) is 2.90. The zero-order chi connectivity index (χ0) is 10.8. The first-order valence-electron chi connectivity index (χ1n) is 3.92. The second kappa shape index (κ2) is 3.86. The lowest BCUT2D eigenvalue weighted by molar-refractivity contribution is -0.119. The molecule has 1 rings (SSSR count). The van der Waals surface area contributed by atoms with Crippen LogP contribution >= 0.6 is 0 Å². The van der Waals surface area contributed by atoms with Gasteiger partial charge in [-0.15, -0.1) is 0 Å². The predicted octanol–water partition coefficient (Wildman–Crippen LogP) is 2.82. The molecule has 0 saturated heterocycles. The Morgan fingerprint density at radius 2 is 1.79 bits per heavy atom. The van der Waals surface area contributed by atoms with E-state index in [1.54, 1.807) is 0 Å². The average molecular weight is 207 g/mol. The fraction of sp³-hybridized carbons (Fsp3) is 0.333. The lowest BCUT2D eigenvalue weighted by atomic mass is 10.3. The maximum Gasteiger partial charge on any atom is 0.405 e. The van der Waals surface area contributed by atoms with E-state index in [2.05, 4.69) is 0 Å². The fourth-order valence-electron chi connectivity index (χ4n) is 1.12. The number of rotatable bonds is 2. The highest BCUT2D eigenvalue weighted by molar-refractivity contribution is 5.46. The first kappa shape index (κ1) is 10.8. The third-order valence-electron chi connectivity index (χ3n) is 1.68. The van der Waals surface area contributed by atoms with Gasteiger partial charge in [-0.1, -0.05) is 12.1 Å². The Hall–Kier alpha value is -1.26. The quantitative estimate of drug-likeness (QED) is 0.674. The number of para-hydroxylation sites is 1. The smallest absolute Gasteiger partial charge is 0.363 e. The van der Waals surface area contributed by atoms with Crippen molar-refractivity contribution in [1.29, 1.82) is 0 Å². The molecule has 0 spiro atoms. The minimum Gasteiger partial charge on any atom is -0.363 e. The number of anilines is 1. The highest BCUT2D eigenvalue weighted by atomic mass is 19.4. The minimum absolute atomic E-state index is 0.0511. The molecule has 0 heterocycles. The summed E-state index contributed by atoms with van der Waals surface area (Å²) in [7, 11) is 1.20. The molecule has 0 N–H and O–H groups in total. The summed E-state index contributed by atoms with van der Waals surface area (Å²) in [5.41, 5.74) is -0.0511. The van der Waals surface area contributed by atoms with Crippen molar-refractivity contribution in [2.75, 3.05) is 18.5 Å². The van der Waals surface area contributed by atoms with Crippen LogP contribution in [0.5, 0.6) is 0 Å². The van der Waals surface area contributed by atoms with E-state index in [1.165, 1.54) is 25.2 Å². The monoisotopic (exact) mass is 207 g/mol. The summed E-state index contributed by atoms with van der Waals surface area (Å²) in [6.07, 6.45) is -4.32. The highest BCUT2D eigenvalue weighted by Crippen LogP contribution is 2.22. The van der Waals surface area contributed by atoms with E-state index in [0.717, 1.165) is 11.0 Å². The van der Waals surface area contributed by atoms with Crippen molar-refractivity contribution in [3.8, 4) is 0 Å². The van der Waals surface area contributed by atoms with Crippen LogP contribution in [0.1, 0.15) is 0 Å². The molecule has 1 aromatic carbocycles. The minimum atomic E-state index is -4.32. The highest BCUT2D eigenvalue weighted by Gasteiger charge is 2.29. The Labute approximate surface area is 78.9 Å². The van der Waals surface area contributed by atoms with E-state index in [4.69, 9.17) is 0 Å². The summed E-state index contributed by atoms with van der Waals surface area (Å²) in [6.45, 7) is -1.16. The van der Waals surface area contributed by atoms with E-state index < -0.39 is 18.5 Å². The second-order valence-corrected chi connectivity index (χ2v) is 2.92. The number of hydrogen-bond acceptors (Lipinski definition) is 1. The van der Waals surface area contributed by atoms with E-state index in [1.807, 2.05) is 0 Å². The molecule has 0 amide bonds. The topological polar surface area (TPSA) is 3.24 Å². The number of alkyl halides is 3. The van der Waals surface area contributed by atoms with Crippen molar-refractivity contribution < 1.29 is 17.6 Å². The SMILES string of the molecule is CN(CC(F)(F)F)c1ccccc1F. The van der Waals surface area contributed by atoms with Crippen molar-refractivity contribution in [3.63, 3.8) is 0 Å². The summed E-state index contributed by atoms with van der Waals surface area (Å²) in [5, 5.41) is 0. The van der Waals surface area contributed by atoms with Crippen LogP contribution in [0.4, 0.5) is 23.2 Å². The van der Waals surface area contributed by atoms with Crippen LogP contribution in [0, 0.1) is 5.82 Å². The van der Waals surface area contributed by atoms with Crippen LogP contribution in [-0.2, 0) is 0 Å². The number of nitrogens with zero attached hydrogens (tertiary/aromatic N) is 1. The number of benzene rings is 1. The maximum absolute atomic E-state index is 13.0. The summed E-state index contributed by atoms with van der Waals surface area (Å²) >= 11 is 0. The van der Waals surface area contributed by atoms with E-state index in [9.17, 15) is 17.6 Å². The zero-order valence-corrected chi connectivity index (χ0v) is 7.48.